The molecule has 1 atom stereocenters. The Morgan fingerprint density at radius 3 is 2.56 bits per heavy atom. The molecule has 0 amide bonds. The van der Waals surface area contributed by atoms with Gasteiger partial charge in [0.25, 0.3) is 10.1 Å². The Morgan fingerprint density at radius 2 is 2.00 bits per heavy atom. The van der Waals surface area contributed by atoms with E-state index in [2.05, 4.69) is 0 Å². The van der Waals surface area contributed by atoms with E-state index in [1.165, 1.54) is 18.2 Å². The normalized spacial score (nSPS) is 13.8. The molecule has 0 aliphatic carbocycles. The van der Waals surface area contributed by atoms with Crippen LogP contribution in [0.4, 0.5) is 0 Å². The van der Waals surface area contributed by atoms with Crippen molar-refractivity contribution >= 4 is 33.3 Å². The van der Waals surface area contributed by atoms with Gasteiger partial charge in [0.2, 0.25) is 0 Å². The van der Waals surface area contributed by atoms with E-state index < -0.39 is 10.1 Å². The summed E-state index contributed by atoms with van der Waals surface area (Å²) in [4.78, 5) is -0.0954. The Bertz CT molecular complexity index is 471. The van der Waals surface area contributed by atoms with Crippen molar-refractivity contribution in [3.05, 3.63) is 28.2 Å². The van der Waals surface area contributed by atoms with Crippen LogP contribution in [0.5, 0.6) is 0 Å². The van der Waals surface area contributed by atoms with E-state index in [9.17, 15) is 8.42 Å². The molecule has 0 spiro atoms. The van der Waals surface area contributed by atoms with E-state index in [-0.39, 0.29) is 16.0 Å². The minimum absolute atomic E-state index is 0.0954. The number of hydrogen-bond donors (Lipinski definition) is 0. The fraction of sp³-hybridized carbons (Fsp3) is 0.400. The minimum Gasteiger partial charge on any atom is -0.263 e. The maximum atomic E-state index is 11.8. The van der Waals surface area contributed by atoms with Crippen molar-refractivity contribution < 1.29 is 12.6 Å². The summed E-state index contributed by atoms with van der Waals surface area (Å²) in [6, 6.07) is 4.23. The highest BCUT2D eigenvalue weighted by molar-refractivity contribution is 7.87. The Kier molecular flexibility index (Phi) is 4.62. The second-order valence-electron chi connectivity index (χ2n) is 3.34. The fourth-order valence-electron chi connectivity index (χ4n) is 1.00. The number of hydrogen-bond acceptors (Lipinski definition) is 3. The van der Waals surface area contributed by atoms with Crippen LogP contribution in [0, 0.1) is 0 Å². The molecule has 0 N–H and O–H groups in total. The lowest BCUT2D eigenvalue weighted by Gasteiger charge is -2.11. The van der Waals surface area contributed by atoms with Gasteiger partial charge in [-0.25, -0.2) is 0 Å². The molecule has 1 aromatic rings. The first-order valence-electron chi connectivity index (χ1n) is 4.75. The molecule has 0 saturated carbocycles. The van der Waals surface area contributed by atoms with Gasteiger partial charge in [-0.05, 0) is 31.5 Å². The molecule has 0 bridgehead atoms. The average Bonchev–Trinajstić information content (AvgIpc) is 2.20. The van der Waals surface area contributed by atoms with Gasteiger partial charge in [-0.1, -0.05) is 30.1 Å². The molecule has 0 aliphatic heterocycles. The molecular formula is C10H12Cl2O3S. The summed E-state index contributed by atoms with van der Waals surface area (Å²) in [6.45, 7) is 3.51. The highest BCUT2D eigenvalue weighted by Crippen LogP contribution is 2.27. The molecule has 0 aliphatic rings. The monoisotopic (exact) mass is 282 g/mol. The molecule has 0 aromatic heterocycles. The highest BCUT2D eigenvalue weighted by Gasteiger charge is 2.21. The molecule has 16 heavy (non-hydrogen) atoms. The first-order chi connectivity index (χ1) is 7.36. The van der Waals surface area contributed by atoms with Crippen LogP contribution in [-0.4, -0.2) is 14.5 Å². The predicted octanol–water partition coefficient (Wildman–Crippen LogP) is 3.50. The van der Waals surface area contributed by atoms with Crippen molar-refractivity contribution in [3.63, 3.8) is 0 Å². The van der Waals surface area contributed by atoms with Crippen molar-refractivity contribution in [1.29, 1.82) is 0 Å². The van der Waals surface area contributed by atoms with E-state index in [4.69, 9.17) is 27.4 Å². The zero-order chi connectivity index (χ0) is 12.3. The standard InChI is InChI=1S/C10H12Cl2O3S/c1-3-7(2)15-16(13,14)10-6-8(11)4-5-9(10)12/h4-7H,3H2,1-2H3. The van der Waals surface area contributed by atoms with Gasteiger partial charge in [0.1, 0.15) is 4.90 Å². The maximum Gasteiger partial charge on any atom is 0.298 e. The Balaban J connectivity index is 3.12. The summed E-state index contributed by atoms with van der Waals surface area (Å²) < 4.78 is 28.6. The lowest BCUT2D eigenvalue weighted by Crippen LogP contribution is -2.15. The van der Waals surface area contributed by atoms with E-state index >= 15 is 0 Å². The van der Waals surface area contributed by atoms with Gasteiger partial charge in [-0.3, -0.25) is 4.18 Å². The number of rotatable bonds is 4. The highest BCUT2D eigenvalue weighted by atomic mass is 35.5. The van der Waals surface area contributed by atoms with Gasteiger partial charge in [0.15, 0.2) is 0 Å². The zero-order valence-corrected chi connectivity index (χ0v) is 11.2. The number of halogens is 2. The van der Waals surface area contributed by atoms with Crippen molar-refractivity contribution in [2.24, 2.45) is 0 Å². The Hall–Kier alpha value is -0.290. The van der Waals surface area contributed by atoms with Gasteiger partial charge in [-0.2, -0.15) is 8.42 Å². The van der Waals surface area contributed by atoms with Gasteiger partial charge < -0.3 is 0 Å². The van der Waals surface area contributed by atoms with Gasteiger partial charge in [-0.15, -0.1) is 0 Å². The van der Waals surface area contributed by atoms with E-state index in [0.717, 1.165) is 0 Å². The Labute approximate surface area is 105 Å². The topological polar surface area (TPSA) is 43.4 Å². The molecule has 1 unspecified atom stereocenters. The lowest BCUT2D eigenvalue weighted by molar-refractivity contribution is 0.224. The summed E-state index contributed by atoms with van der Waals surface area (Å²) in [6.07, 6.45) is 0.206. The quantitative estimate of drug-likeness (QED) is 0.794. The van der Waals surface area contributed by atoms with Gasteiger partial charge >= 0.3 is 0 Å². The molecule has 0 fully saturated rings. The van der Waals surface area contributed by atoms with Crippen molar-refractivity contribution in [2.75, 3.05) is 0 Å². The summed E-state index contributed by atoms with van der Waals surface area (Å²) >= 11 is 11.5. The first-order valence-corrected chi connectivity index (χ1v) is 6.91. The molecule has 6 heteroatoms. The second kappa shape index (κ2) is 5.36. The molecular weight excluding hydrogens is 271 g/mol. The van der Waals surface area contributed by atoms with Crippen molar-refractivity contribution in [3.8, 4) is 0 Å². The van der Waals surface area contributed by atoms with Crippen LogP contribution >= 0.6 is 23.2 Å². The van der Waals surface area contributed by atoms with E-state index in [1.54, 1.807) is 6.92 Å². The smallest absolute Gasteiger partial charge is 0.263 e. The van der Waals surface area contributed by atoms with Crippen LogP contribution in [-0.2, 0) is 14.3 Å². The van der Waals surface area contributed by atoms with Gasteiger partial charge in [0, 0.05) is 5.02 Å². The predicted molar refractivity (Wildman–Crippen MR) is 64.5 cm³/mol. The summed E-state index contributed by atoms with van der Waals surface area (Å²) in [5, 5.41) is 0.406. The molecule has 1 aromatic carbocycles. The third kappa shape index (κ3) is 3.35. The average molecular weight is 283 g/mol. The summed E-state index contributed by atoms with van der Waals surface area (Å²) in [7, 11) is -3.84. The van der Waals surface area contributed by atoms with Crippen LogP contribution in [0.1, 0.15) is 20.3 Å². The minimum atomic E-state index is -3.84. The molecule has 90 valence electrons. The largest absolute Gasteiger partial charge is 0.298 e. The van der Waals surface area contributed by atoms with Crippen LogP contribution in [0.2, 0.25) is 10.0 Å². The molecule has 3 nitrogen and oxygen atoms in total. The van der Waals surface area contributed by atoms with E-state index in [1.807, 2.05) is 6.92 Å². The van der Waals surface area contributed by atoms with Crippen LogP contribution in [0.25, 0.3) is 0 Å². The third-order valence-corrected chi connectivity index (χ3v) is 4.16. The first kappa shape index (κ1) is 13.8. The molecule has 0 saturated heterocycles. The lowest BCUT2D eigenvalue weighted by atomic mass is 10.3. The van der Waals surface area contributed by atoms with Crippen molar-refractivity contribution in [2.45, 2.75) is 31.3 Å². The number of benzene rings is 1. The van der Waals surface area contributed by atoms with Crippen LogP contribution in [0.3, 0.4) is 0 Å². The molecule has 1 rings (SSSR count). The van der Waals surface area contributed by atoms with Crippen LogP contribution in [0.15, 0.2) is 23.1 Å². The zero-order valence-electron chi connectivity index (χ0n) is 8.91. The molecule has 0 heterocycles. The van der Waals surface area contributed by atoms with E-state index in [0.29, 0.717) is 11.4 Å². The van der Waals surface area contributed by atoms with Crippen molar-refractivity contribution in [1.82, 2.24) is 0 Å². The third-order valence-electron chi connectivity index (χ3n) is 2.03. The molecule has 0 radical (unpaired) electrons. The SMILES string of the molecule is CCC(C)OS(=O)(=O)c1cc(Cl)ccc1Cl. The fourth-order valence-corrected chi connectivity index (χ4v) is 2.89. The van der Waals surface area contributed by atoms with Gasteiger partial charge in [0.05, 0.1) is 11.1 Å². The van der Waals surface area contributed by atoms with Crippen LogP contribution < -0.4 is 0 Å². The summed E-state index contributed by atoms with van der Waals surface area (Å²) in [5.41, 5.74) is 0. The second-order valence-corrected chi connectivity index (χ2v) is 5.73. The Morgan fingerprint density at radius 1 is 1.38 bits per heavy atom. The maximum absolute atomic E-state index is 11.8. The summed E-state index contributed by atoms with van der Waals surface area (Å²) in [5.74, 6) is 0.